The van der Waals surface area contributed by atoms with E-state index in [9.17, 15) is 4.39 Å². The number of hydrogen-bond donors (Lipinski definition) is 3. The molecule has 0 aromatic heterocycles. The van der Waals surface area contributed by atoms with Gasteiger partial charge in [0.15, 0.2) is 5.95 Å². The number of ether oxygens (including phenoxy) is 1. The van der Waals surface area contributed by atoms with Gasteiger partial charge in [0.05, 0.1) is 5.71 Å². The smallest absolute Gasteiger partial charge is 0.191 e. The van der Waals surface area contributed by atoms with E-state index in [1.807, 2.05) is 38.1 Å². The quantitative estimate of drug-likeness (QED) is 0.418. The second-order valence-corrected chi connectivity index (χ2v) is 5.98. The number of halogens is 1. The van der Waals surface area contributed by atoms with Crippen molar-refractivity contribution in [1.29, 1.82) is 5.41 Å². The monoisotopic (exact) mass is 341 g/mol. The Morgan fingerprint density at radius 2 is 1.92 bits per heavy atom. The molecule has 25 heavy (non-hydrogen) atoms. The maximum atomic E-state index is 13.6. The molecule has 0 bridgehead atoms. The summed E-state index contributed by atoms with van der Waals surface area (Å²) in [7, 11) is 1.49. The number of nitrogen functional groups attached to an aromatic ring is 1. The number of aryl methyl sites for hydroxylation is 2. The van der Waals surface area contributed by atoms with Crippen LogP contribution in [0.1, 0.15) is 29.2 Å². The van der Waals surface area contributed by atoms with Crippen molar-refractivity contribution in [2.45, 2.75) is 27.4 Å². The largest absolute Gasteiger partial charge is 0.489 e. The Morgan fingerprint density at radius 1 is 1.20 bits per heavy atom. The summed E-state index contributed by atoms with van der Waals surface area (Å²) in [5, 5.41) is 10.6. The summed E-state index contributed by atoms with van der Waals surface area (Å²) < 4.78 is 19.5. The van der Waals surface area contributed by atoms with E-state index in [0.717, 1.165) is 22.4 Å². The van der Waals surface area contributed by atoms with Crippen molar-refractivity contribution in [3.63, 3.8) is 0 Å². The summed E-state index contributed by atoms with van der Waals surface area (Å²) in [6, 6.07) is 11.2. The first-order chi connectivity index (χ1) is 11.8. The van der Waals surface area contributed by atoms with Crippen molar-refractivity contribution in [3.05, 3.63) is 70.2 Å². The van der Waals surface area contributed by atoms with Crippen LogP contribution in [0.5, 0.6) is 5.75 Å². The maximum Gasteiger partial charge on any atom is 0.191 e. The minimum absolute atomic E-state index is 0.143. The molecule has 0 heterocycles. The lowest BCUT2D eigenvalue weighted by molar-refractivity contribution is 0.304. The van der Waals surface area contributed by atoms with Gasteiger partial charge in [-0.3, -0.25) is 5.41 Å². The number of rotatable bonds is 6. The number of nitrogens with one attached hydrogen (secondary N) is 2. The Bertz CT molecular complexity index is 807. The fraction of sp³-hybridized carbons (Fsp3) is 0.250. The van der Waals surface area contributed by atoms with Crippen LogP contribution in [0.2, 0.25) is 0 Å². The molecule has 2 rings (SSSR count). The van der Waals surface area contributed by atoms with Gasteiger partial charge in [0.25, 0.3) is 0 Å². The second-order valence-electron chi connectivity index (χ2n) is 5.98. The first-order valence-corrected chi connectivity index (χ1v) is 8.06. The number of benzene rings is 2. The lowest BCUT2D eigenvalue weighted by Crippen LogP contribution is -2.10. The molecule has 4 N–H and O–H groups in total. The lowest BCUT2D eigenvalue weighted by Gasteiger charge is -2.14. The van der Waals surface area contributed by atoms with E-state index in [1.165, 1.54) is 7.05 Å². The van der Waals surface area contributed by atoms with Crippen molar-refractivity contribution in [2.24, 2.45) is 0 Å². The summed E-state index contributed by atoms with van der Waals surface area (Å²) in [4.78, 5) is 0. The number of anilines is 1. The van der Waals surface area contributed by atoms with Crippen molar-refractivity contribution in [1.82, 2.24) is 5.32 Å². The van der Waals surface area contributed by atoms with Gasteiger partial charge in [0.2, 0.25) is 0 Å². The van der Waals surface area contributed by atoms with Crippen molar-refractivity contribution in [2.75, 3.05) is 12.8 Å². The van der Waals surface area contributed by atoms with Gasteiger partial charge < -0.3 is 15.8 Å². The Balaban J connectivity index is 2.19. The third kappa shape index (κ3) is 4.18. The molecule has 0 radical (unpaired) electrons. The van der Waals surface area contributed by atoms with E-state index in [0.29, 0.717) is 17.9 Å². The molecule has 2 aromatic rings. The molecule has 0 spiro atoms. The highest BCUT2D eigenvalue weighted by Gasteiger charge is 2.11. The molecule has 0 amide bonds. The van der Waals surface area contributed by atoms with Gasteiger partial charge in [-0.05, 0) is 56.2 Å². The zero-order valence-corrected chi connectivity index (χ0v) is 15.0. The highest BCUT2D eigenvalue weighted by Crippen LogP contribution is 2.24. The van der Waals surface area contributed by atoms with E-state index >= 15 is 0 Å². The minimum atomic E-state index is -0.502. The highest BCUT2D eigenvalue weighted by molar-refractivity contribution is 6.10. The number of hydrogen-bond acceptors (Lipinski definition) is 4. The zero-order valence-electron chi connectivity index (χ0n) is 15.0. The molecule has 0 aliphatic rings. The predicted octanol–water partition coefficient (Wildman–Crippen LogP) is 4.25. The van der Waals surface area contributed by atoms with Crippen LogP contribution in [0.4, 0.5) is 10.1 Å². The van der Waals surface area contributed by atoms with Crippen LogP contribution in [-0.4, -0.2) is 12.8 Å². The summed E-state index contributed by atoms with van der Waals surface area (Å²) in [6.07, 6.45) is 0. The molecular formula is C20H24FN3O. The van der Waals surface area contributed by atoms with Gasteiger partial charge in [-0.15, -0.1) is 0 Å². The molecule has 0 fully saturated rings. The standard InChI is InChI=1S/C20H24FN3O/c1-12-6-5-7-17(22)16(12)11-25-18-9-8-15(10-13(18)2)19(23)14(3)20(21)24-4/h5-10,23-24H,11,22H2,1-4H3/b20-14-,23-19?. The van der Waals surface area contributed by atoms with Gasteiger partial charge in [0, 0.05) is 29.4 Å². The fourth-order valence-electron chi connectivity index (χ4n) is 2.55. The van der Waals surface area contributed by atoms with Crippen molar-refractivity contribution < 1.29 is 9.13 Å². The molecule has 0 aliphatic carbocycles. The van der Waals surface area contributed by atoms with E-state index < -0.39 is 5.95 Å². The van der Waals surface area contributed by atoms with Gasteiger partial charge in [0.1, 0.15) is 12.4 Å². The second kappa shape index (κ2) is 7.83. The normalized spacial score (nSPS) is 11.7. The molecule has 4 nitrogen and oxygen atoms in total. The highest BCUT2D eigenvalue weighted by atomic mass is 19.1. The fourth-order valence-corrected chi connectivity index (χ4v) is 2.55. The molecule has 0 saturated carbocycles. The van der Waals surface area contributed by atoms with Crippen LogP contribution in [-0.2, 0) is 6.61 Å². The third-order valence-corrected chi connectivity index (χ3v) is 4.21. The Kier molecular flexibility index (Phi) is 5.80. The van der Waals surface area contributed by atoms with E-state index in [4.69, 9.17) is 15.9 Å². The molecule has 0 saturated heterocycles. The third-order valence-electron chi connectivity index (χ3n) is 4.21. The topological polar surface area (TPSA) is 71.1 Å². The Morgan fingerprint density at radius 3 is 2.52 bits per heavy atom. The van der Waals surface area contributed by atoms with Crippen LogP contribution in [0, 0.1) is 19.3 Å². The van der Waals surface area contributed by atoms with Crippen LogP contribution in [0.25, 0.3) is 0 Å². The van der Waals surface area contributed by atoms with Crippen LogP contribution >= 0.6 is 0 Å². The average Bonchev–Trinajstić information content (AvgIpc) is 2.60. The molecule has 0 aliphatic heterocycles. The Hall–Kier alpha value is -2.82. The maximum absolute atomic E-state index is 13.6. The molecule has 2 aromatic carbocycles. The van der Waals surface area contributed by atoms with Crippen LogP contribution in [0.15, 0.2) is 47.9 Å². The van der Waals surface area contributed by atoms with E-state index in [2.05, 4.69) is 5.32 Å². The Labute approximate surface area is 148 Å². The summed E-state index contributed by atoms with van der Waals surface area (Å²) in [6.45, 7) is 5.86. The molecule has 132 valence electrons. The summed E-state index contributed by atoms with van der Waals surface area (Å²) >= 11 is 0. The number of allylic oxidation sites excluding steroid dienone is 1. The average molecular weight is 341 g/mol. The van der Waals surface area contributed by atoms with Crippen molar-refractivity contribution >= 4 is 11.4 Å². The molecule has 5 heteroatoms. The molecular weight excluding hydrogens is 317 g/mol. The first-order valence-electron chi connectivity index (χ1n) is 8.06. The van der Waals surface area contributed by atoms with Gasteiger partial charge in [-0.25, -0.2) is 0 Å². The zero-order chi connectivity index (χ0) is 18.6. The summed E-state index contributed by atoms with van der Waals surface area (Å²) in [5.74, 6) is 0.216. The van der Waals surface area contributed by atoms with E-state index in [1.54, 1.807) is 19.1 Å². The van der Waals surface area contributed by atoms with Gasteiger partial charge >= 0.3 is 0 Å². The minimum Gasteiger partial charge on any atom is -0.489 e. The first kappa shape index (κ1) is 18.5. The van der Waals surface area contributed by atoms with Gasteiger partial charge in [-0.1, -0.05) is 12.1 Å². The van der Waals surface area contributed by atoms with Crippen LogP contribution < -0.4 is 15.8 Å². The van der Waals surface area contributed by atoms with Crippen molar-refractivity contribution in [3.8, 4) is 5.75 Å². The summed E-state index contributed by atoms with van der Waals surface area (Å²) in [5.41, 5.74) is 10.7. The number of nitrogens with two attached hydrogens (primary N) is 1. The van der Waals surface area contributed by atoms with E-state index in [-0.39, 0.29) is 11.3 Å². The molecule has 0 atom stereocenters. The lowest BCUT2D eigenvalue weighted by atomic mass is 10.0. The predicted molar refractivity (Wildman–Crippen MR) is 101 cm³/mol. The SMILES string of the molecule is CN/C(F)=C(/C)C(=N)c1ccc(OCc2c(C)cccc2N)c(C)c1. The van der Waals surface area contributed by atoms with Crippen LogP contribution in [0.3, 0.4) is 0 Å². The van der Waals surface area contributed by atoms with Gasteiger partial charge in [-0.2, -0.15) is 4.39 Å². The molecule has 0 unspecified atom stereocenters.